The topological polar surface area (TPSA) is 70.3 Å². The van der Waals surface area contributed by atoms with Crippen molar-refractivity contribution in [3.8, 4) is 11.5 Å². The van der Waals surface area contributed by atoms with Crippen LogP contribution in [-0.2, 0) is 0 Å². The minimum Gasteiger partial charge on any atom is -0.495 e. The van der Waals surface area contributed by atoms with Crippen LogP contribution in [0.3, 0.4) is 0 Å². The standard InChI is InChI=1S/C14H16BrN3O2/c1-8-6-17-14(18-7-8)12(16)9-4-5-10(19-2)11(15)13(9)20-3/h4-7,12H,16H2,1-3H3. The molecular weight excluding hydrogens is 322 g/mol. The van der Waals surface area contributed by atoms with Gasteiger partial charge in [-0.15, -0.1) is 0 Å². The van der Waals surface area contributed by atoms with Crippen LogP contribution >= 0.6 is 15.9 Å². The van der Waals surface area contributed by atoms with E-state index >= 15 is 0 Å². The Morgan fingerprint density at radius 1 is 1.15 bits per heavy atom. The highest BCUT2D eigenvalue weighted by molar-refractivity contribution is 9.10. The maximum atomic E-state index is 6.24. The van der Waals surface area contributed by atoms with Gasteiger partial charge in [0.15, 0.2) is 0 Å². The van der Waals surface area contributed by atoms with Gasteiger partial charge in [0, 0.05) is 18.0 Å². The number of aromatic nitrogens is 2. The third-order valence-corrected chi connectivity index (χ3v) is 3.68. The van der Waals surface area contributed by atoms with Crippen molar-refractivity contribution in [1.82, 2.24) is 9.97 Å². The second-order valence-corrected chi connectivity index (χ2v) is 5.09. The fourth-order valence-electron chi connectivity index (χ4n) is 1.87. The molecule has 0 aliphatic heterocycles. The lowest BCUT2D eigenvalue weighted by Gasteiger charge is -2.17. The number of aryl methyl sites for hydroxylation is 1. The zero-order valence-corrected chi connectivity index (χ0v) is 13.1. The Balaban J connectivity index is 2.46. The molecule has 1 aromatic heterocycles. The van der Waals surface area contributed by atoms with Gasteiger partial charge in [-0.2, -0.15) is 0 Å². The van der Waals surface area contributed by atoms with Crippen molar-refractivity contribution in [1.29, 1.82) is 0 Å². The molecule has 2 N–H and O–H groups in total. The Hall–Kier alpha value is -1.66. The smallest absolute Gasteiger partial charge is 0.149 e. The minimum atomic E-state index is -0.465. The monoisotopic (exact) mass is 337 g/mol. The number of hydrogen-bond acceptors (Lipinski definition) is 5. The molecule has 0 bridgehead atoms. The number of rotatable bonds is 4. The molecule has 2 rings (SSSR count). The molecule has 2 aromatic rings. The van der Waals surface area contributed by atoms with Crippen molar-refractivity contribution >= 4 is 15.9 Å². The molecular formula is C14H16BrN3O2. The molecule has 5 nitrogen and oxygen atoms in total. The average molecular weight is 338 g/mol. The lowest BCUT2D eigenvalue weighted by atomic mass is 10.1. The molecule has 1 atom stereocenters. The number of hydrogen-bond donors (Lipinski definition) is 1. The molecule has 1 aromatic carbocycles. The highest BCUT2D eigenvalue weighted by Crippen LogP contribution is 2.39. The Morgan fingerprint density at radius 2 is 1.80 bits per heavy atom. The lowest BCUT2D eigenvalue weighted by molar-refractivity contribution is 0.384. The Labute approximate surface area is 126 Å². The van der Waals surface area contributed by atoms with E-state index in [1.54, 1.807) is 26.6 Å². The first-order valence-electron chi connectivity index (χ1n) is 6.03. The van der Waals surface area contributed by atoms with Gasteiger partial charge in [0.05, 0.1) is 20.3 Å². The SMILES string of the molecule is COc1ccc(C(N)c2ncc(C)cn2)c(OC)c1Br. The van der Waals surface area contributed by atoms with Crippen LogP contribution in [0.25, 0.3) is 0 Å². The molecule has 0 aliphatic rings. The van der Waals surface area contributed by atoms with Crippen LogP contribution in [0.4, 0.5) is 0 Å². The van der Waals surface area contributed by atoms with Gasteiger partial charge >= 0.3 is 0 Å². The van der Waals surface area contributed by atoms with E-state index in [1.165, 1.54) is 0 Å². The molecule has 0 saturated heterocycles. The maximum Gasteiger partial charge on any atom is 0.149 e. The van der Waals surface area contributed by atoms with Crippen molar-refractivity contribution in [2.24, 2.45) is 5.73 Å². The van der Waals surface area contributed by atoms with Gasteiger partial charge in [-0.05, 0) is 40.5 Å². The van der Waals surface area contributed by atoms with Gasteiger partial charge in [0.1, 0.15) is 21.8 Å². The lowest BCUT2D eigenvalue weighted by Crippen LogP contribution is -2.16. The zero-order valence-electron chi connectivity index (χ0n) is 11.6. The number of halogens is 1. The van der Waals surface area contributed by atoms with Crippen LogP contribution in [0, 0.1) is 6.92 Å². The largest absolute Gasteiger partial charge is 0.495 e. The van der Waals surface area contributed by atoms with E-state index in [0.717, 1.165) is 15.6 Å². The summed E-state index contributed by atoms with van der Waals surface area (Å²) < 4.78 is 11.4. The number of methoxy groups -OCH3 is 2. The first-order valence-corrected chi connectivity index (χ1v) is 6.82. The van der Waals surface area contributed by atoms with Crippen molar-refractivity contribution in [2.75, 3.05) is 14.2 Å². The normalized spacial score (nSPS) is 12.1. The van der Waals surface area contributed by atoms with Gasteiger partial charge in [-0.1, -0.05) is 0 Å². The second kappa shape index (κ2) is 6.19. The summed E-state index contributed by atoms with van der Waals surface area (Å²) in [5, 5.41) is 0. The zero-order chi connectivity index (χ0) is 14.7. The van der Waals surface area contributed by atoms with E-state index in [2.05, 4.69) is 25.9 Å². The van der Waals surface area contributed by atoms with E-state index in [0.29, 0.717) is 17.3 Å². The summed E-state index contributed by atoms with van der Waals surface area (Å²) in [6, 6.07) is 3.22. The molecule has 1 heterocycles. The van der Waals surface area contributed by atoms with E-state index in [-0.39, 0.29) is 0 Å². The molecule has 6 heteroatoms. The fraction of sp³-hybridized carbons (Fsp3) is 0.286. The van der Waals surface area contributed by atoms with E-state index in [1.807, 2.05) is 19.1 Å². The molecule has 0 amide bonds. The molecule has 0 spiro atoms. The molecule has 0 radical (unpaired) electrons. The fourth-order valence-corrected chi connectivity index (χ4v) is 2.55. The van der Waals surface area contributed by atoms with Crippen molar-refractivity contribution in [2.45, 2.75) is 13.0 Å². The van der Waals surface area contributed by atoms with Crippen LogP contribution in [0.1, 0.15) is 23.0 Å². The third kappa shape index (κ3) is 2.76. The predicted molar refractivity (Wildman–Crippen MR) is 80.0 cm³/mol. The summed E-state index contributed by atoms with van der Waals surface area (Å²) in [6.07, 6.45) is 3.49. The minimum absolute atomic E-state index is 0.465. The highest BCUT2D eigenvalue weighted by atomic mass is 79.9. The Kier molecular flexibility index (Phi) is 4.57. The summed E-state index contributed by atoms with van der Waals surface area (Å²) in [6.45, 7) is 1.93. The number of nitrogens with two attached hydrogens (primary N) is 1. The summed E-state index contributed by atoms with van der Waals surface area (Å²) in [7, 11) is 3.19. The molecule has 106 valence electrons. The van der Waals surface area contributed by atoms with Gasteiger partial charge in [0.25, 0.3) is 0 Å². The van der Waals surface area contributed by atoms with Crippen LogP contribution < -0.4 is 15.2 Å². The van der Waals surface area contributed by atoms with Crippen molar-refractivity contribution in [3.63, 3.8) is 0 Å². The van der Waals surface area contributed by atoms with Crippen LogP contribution in [0.5, 0.6) is 11.5 Å². The second-order valence-electron chi connectivity index (χ2n) is 4.30. The molecule has 0 saturated carbocycles. The number of nitrogens with zero attached hydrogens (tertiary/aromatic N) is 2. The highest BCUT2D eigenvalue weighted by Gasteiger charge is 2.20. The quantitative estimate of drug-likeness (QED) is 0.928. The van der Waals surface area contributed by atoms with E-state index < -0.39 is 6.04 Å². The molecule has 0 aliphatic carbocycles. The summed E-state index contributed by atoms with van der Waals surface area (Å²) in [5.41, 5.74) is 8.02. The van der Waals surface area contributed by atoms with Gasteiger partial charge < -0.3 is 15.2 Å². The van der Waals surface area contributed by atoms with E-state index in [4.69, 9.17) is 15.2 Å². The van der Waals surface area contributed by atoms with E-state index in [9.17, 15) is 0 Å². The van der Waals surface area contributed by atoms with Gasteiger partial charge in [0.2, 0.25) is 0 Å². The average Bonchev–Trinajstić information content (AvgIpc) is 2.47. The predicted octanol–water partition coefficient (Wildman–Crippen LogP) is 2.61. The Bertz CT molecular complexity index is 602. The number of ether oxygens (including phenoxy) is 2. The Morgan fingerprint density at radius 3 is 2.35 bits per heavy atom. The molecule has 1 unspecified atom stereocenters. The maximum absolute atomic E-state index is 6.24. The van der Waals surface area contributed by atoms with Crippen molar-refractivity contribution < 1.29 is 9.47 Å². The summed E-state index contributed by atoms with van der Waals surface area (Å²) in [5.74, 6) is 1.86. The van der Waals surface area contributed by atoms with Gasteiger partial charge in [-0.25, -0.2) is 9.97 Å². The third-order valence-electron chi connectivity index (χ3n) is 2.93. The molecule has 0 fully saturated rings. The van der Waals surface area contributed by atoms with Crippen LogP contribution in [0.2, 0.25) is 0 Å². The van der Waals surface area contributed by atoms with Crippen molar-refractivity contribution in [3.05, 3.63) is 46.0 Å². The summed E-state index contributed by atoms with van der Waals surface area (Å²) in [4.78, 5) is 8.53. The first-order chi connectivity index (χ1) is 9.58. The number of benzene rings is 1. The first kappa shape index (κ1) is 14.7. The summed E-state index contributed by atoms with van der Waals surface area (Å²) >= 11 is 3.46. The van der Waals surface area contributed by atoms with Crippen LogP contribution in [-0.4, -0.2) is 24.2 Å². The molecule has 20 heavy (non-hydrogen) atoms. The van der Waals surface area contributed by atoms with Gasteiger partial charge in [-0.3, -0.25) is 0 Å². The van der Waals surface area contributed by atoms with Crippen LogP contribution in [0.15, 0.2) is 29.0 Å².